The number of methoxy groups -OCH3 is 2. The van der Waals surface area contributed by atoms with Crippen molar-refractivity contribution in [3.63, 3.8) is 0 Å². The van der Waals surface area contributed by atoms with Crippen LogP contribution in [0.2, 0.25) is 0 Å². The first-order valence-corrected chi connectivity index (χ1v) is 7.22. The highest BCUT2D eigenvalue weighted by Gasteiger charge is 2.47. The van der Waals surface area contributed by atoms with E-state index in [0.29, 0.717) is 23.2 Å². The topological polar surface area (TPSA) is 50.8 Å². The number of ether oxygens (including phenoxy) is 2. The van der Waals surface area contributed by atoms with Crippen molar-refractivity contribution < 1.29 is 14.3 Å². The highest BCUT2D eigenvalue weighted by Crippen LogP contribution is 2.35. The smallest absolute Gasteiger partial charge is 0.244 e. The lowest BCUT2D eigenvalue weighted by Gasteiger charge is -2.51. The summed E-state index contributed by atoms with van der Waals surface area (Å²) in [5, 5.41) is 2.98. The number of hydrogen-bond donors (Lipinski definition) is 1. The zero-order valence-corrected chi connectivity index (χ0v) is 13.4. The third kappa shape index (κ3) is 2.83. The average Bonchev–Trinajstić information content (AvgIpc) is 2.44. The van der Waals surface area contributed by atoms with Crippen molar-refractivity contribution in [1.29, 1.82) is 0 Å². The molecule has 21 heavy (non-hydrogen) atoms. The highest BCUT2D eigenvalue weighted by molar-refractivity contribution is 5.99. The minimum Gasteiger partial charge on any atom is -0.497 e. The molecule has 1 heterocycles. The van der Waals surface area contributed by atoms with E-state index in [1.54, 1.807) is 32.4 Å². The third-order valence-corrected chi connectivity index (χ3v) is 4.24. The van der Waals surface area contributed by atoms with Crippen molar-refractivity contribution in [1.82, 2.24) is 4.90 Å². The lowest BCUT2D eigenvalue weighted by Crippen LogP contribution is -2.66. The Kier molecular flexibility index (Phi) is 4.42. The Morgan fingerprint density at radius 2 is 2.05 bits per heavy atom. The Labute approximate surface area is 126 Å². The molecule has 0 bridgehead atoms. The molecule has 0 saturated carbocycles. The lowest BCUT2D eigenvalue weighted by molar-refractivity contribution is -0.138. The molecule has 1 aliphatic heterocycles. The van der Waals surface area contributed by atoms with E-state index in [2.05, 4.69) is 24.1 Å². The predicted octanol–water partition coefficient (Wildman–Crippen LogP) is 2.52. The molecule has 1 fully saturated rings. The molecule has 0 aliphatic carbocycles. The summed E-state index contributed by atoms with van der Waals surface area (Å²) in [7, 11) is 3.18. The minimum absolute atomic E-state index is 0.00555. The van der Waals surface area contributed by atoms with Crippen LogP contribution in [0.25, 0.3) is 0 Å². The molecule has 5 nitrogen and oxygen atoms in total. The van der Waals surface area contributed by atoms with Gasteiger partial charge in [0.1, 0.15) is 11.5 Å². The summed E-state index contributed by atoms with van der Waals surface area (Å²) in [6.45, 7) is 7.16. The second-order valence-electron chi connectivity index (χ2n) is 5.83. The fraction of sp³-hybridized carbons (Fsp3) is 0.562. The number of hydrogen-bond acceptors (Lipinski definition) is 4. The Morgan fingerprint density at radius 3 is 2.52 bits per heavy atom. The second kappa shape index (κ2) is 5.93. The standard InChI is InChI=1S/C16H24N2O3/c1-11(2)18-9-8-16(18,3)15(19)17-13-10-12(20-4)6-7-14(13)21-5/h6-7,10-11H,8-9H2,1-5H3,(H,17,19). The van der Waals surface area contributed by atoms with Crippen LogP contribution in [0.1, 0.15) is 27.2 Å². The summed E-state index contributed by atoms with van der Waals surface area (Å²) in [5.41, 5.74) is 0.182. The second-order valence-corrected chi connectivity index (χ2v) is 5.83. The van der Waals surface area contributed by atoms with Crippen LogP contribution < -0.4 is 14.8 Å². The average molecular weight is 292 g/mol. The number of nitrogens with one attached hydrogen (secondary N) is 1. The summed E-state index contributed by atoms with van der Waals surface area (Å²) in [4.78, 5) is 14.9. The molecule has 116 valence electrons. The van der Waals surface area contributed by atoms with Gasteiger partial charge in [0.15, 0.2) is 0 Å². The van der Waals surface area contributed by atoms with Gasteiger partial charge >= 0.3 is 0 Å². The van der Waals surface area contributed by atoms with Gasteiger partial charge in [0.25, 0.3) is 0 Å². The monoisotopic (exact) mass is 292 g/mol. The van der Waals surface area contributed by atoms with Gasteiger partial charge in [0.05, 0.1) is 25.4 Å². The summed E-state index contributed by atoms with van der Waals surface area (Å²) in [6.07, 6.45) is 0.864. The first kappa shape index (κ1) is 15.6. The number of rotatable bonds is 5. The van der Waals surface area contributed by atoms with Crippen molar-refractivity contribution in [2.24, 2.45) is 0 Å². The van der Waals surface area contributed by atoms with Crippen molar-refractivity contribution in [2.45, 2.75) is 38.8 Å². The lowest BCUT2D eigenvalue weighted by atomic mass is 9.84. The molecular weight excluding hydrogens is 268 g/mol. The van der Waals surface area contributed by atoms with E-state index >= 15 is 0 Å². The SMILES string of the molecule is COc1ccc(OC)c(NC(=O)C2(C)CCN2C(C)C)c1. The fourth-order valence-corrected chi connectivity index (χ4v) is 2.82. The first-order valence-electron chi connectivity index (χ1n) is 7.22. The van der Waals surface area contributed by atoms with Crippen LogP contribution in [0.4, 0.5) is 5.69 Å². The predicted molar refractivity (Wildman–Crippen MR) is 83.0 cm³/mol. The van der Waals surface area contributed by atoms with E-state index in [1.165, 1.54) is 0 Å². The molecule has 0 radical (unpaired) electrons. The van der Waals surface area contributed by atoms with Crippen LogP contribution in [0, 0.1) is 0 Å². The number of amides is 1. The fourth-order valence-electron chi connectivity index (χ4n) is 2.82. The normalized spacial score (nSPS) is 21.8. The summed E-state index contributed by atoms with van der Waals surface area (Å²) < 4.78 is 10.5. The van der Waals surface area contributed by atoms with Crippen molar-refractivity contribution in [2.75, 3.05) is 26.1 Å². The number of nitrogens with zero attached hydrogens (tertiary/aromatic N) is 1. The van der Waals surface area contributed by atoms with Gasteiger partial charge in [0, 0.05) is 18.7 Å². The van der Waals surface area contributed by atoms with E-state index in [0.717, 1.165) is 13.0 Å². The number of benzene rings is 1. The molecule has 1 saturated heterocycles. The quantitative estimate of drug-likeness (QED) is 0.906. The van der Waals surface area contributed by atoms with Crippen LogP contribution in [-0.2, 0) is 4.79 Å². The molecule has 5 heteroatoms. The maximum Gasteiger partial charge on any atom is 0.244 e. The van der Waals surface area contributed by atoms with E-state index in [4.69, 9.17) is 9.47 Å². The number of likely N-dealkylation sites (tertiary alicyclic amines) is 1. The molecule has 0 aromatic heterocycles. The van der Waals surface area contributed by atoms with Crippen LogP contribution in [0.15, 0.2) is 18.2 Å². The van der Waals surface area contributed by atoms with E-state index < -0.39 is 5.54 Å². The largest absolute Gasteiger partial charge is 0.497 e. The maximum atomic E-state index is 12.6. The van der Waals surface area contributed by atoms with E-state index in [1.807, 2.05) is 6.92 Å². The zero-order chi connectivity index (χ0) is 15.6. The van der Waals surface area contributed by atoms with Gasteiger partial charge in [-0.05, 0) is 39.3 Å². The highest BCUT2D eigenvalue weighted by atomic mass is 16.5. The molecule has 2 rings (SSSR count). The van der Waals surface area contributed by atoms with Gasteiger partial charge in [-0.2, -0.15) is 0 Å². The van der Waals surface area contributed by atoms with E-state index in [9.17, 15) is 4.79 Å². The van der Waals surface area contributed by atoms with Gasteiger partial charge in [-0.25, -0.2) is 0 Å². The molecule has 1 unspecified atom stereocenters. The molecule has 1 N–H and O–H groups in total. The minimum atomic E-state index is -0.456. The van der Waals surface area contributed by atoms with Gasteiger partial charge in [-0.3, -0.25) is 9.69 Å². The molecule has 1 amide bonds. The van der Waals surface area contributed by atoms with Crippen LogP contribution in [-0.4, -0.2) is 43.2 Å². The van der Waals surface area contributed by atoms with E-state index in [-0.39, 0.29) is 5.91 Å². The summed E-state index contributed by atoms with van der Waals surface area (Å²) in [6, 6.07) is 5.72. The van der Waals surface area contributed by atoms with Gasteiger partial charge in [0.2, 0.25) is 5.91 Å². The molecule has 0 spiro atoms. The first-order chi connectivity index (χ1) is 9.92. The Morgan fingerprint density at radius 1 is 1.33 bits per heavy atom. The molecule has 1 atom stereocenters. The number of carbonyl (C=O) groups excluding carboxylic acids is 1. The zero-order valence-electron chi connectivity index (χ0n) is 13.4. The third-order valence-electron chi connectivity index (χ3n) is 4.24. The van der Waals surface area contributed by atoms with Crippen molar-refractivity contribution >= 4 is 11.6 Å². The van der Waals surface area contributed by atoms with Crippen LogP contribution >= 0.6 is 0 Å². The molecular formula is C16H24N2O3. The van der Waals surface area contributed by atoms with Crippen molar-refractivity contribution in [3.8, 4) is 11.5 Å². The molecule has 1 aromatic carbocycles. The Balaban J connectivity index is 2.20. The number of anilines is 1. The Hall–Kier alpha value is -1.75. The maximum absolute atomic E-state index is 12.6. The van der Waals surface area contributed by atoms with Crippen molar-refractivity contribution in [3.05, 3.63) is 18.2 Å². The van der Waals surface area contributed by atoms with Crippen LogP contribution in [0.3, 0.4) is 0 Å². The van der Waals surface area contributed by atoms with Gasteiger partial charge in [-0.1, -0.05) is 0 Å². The number of carbonyl (C=O) groups is 1. The Bertz CT molecular complexity index is 530. The summed E-state index contributed by atoms with van der Waals surface area (Å²) in [5.74, 6) is 1.31. The van der Waals surface area contributed by atoms with Crippen LogP contribution in [0.5, 0.6) is 11.5 Å². The molecule has 1 aliphatic rings. The van der Waals surface area contributed by atoms with Gasteiger partial charge < -0.3 is 14.8 Å². The summed E-state index contributed by atoms with van der Waals surface area (Å²) >= 11 is 0. The van der Waals surface area contributed by atoms with Gasteiger partial charge in [-0.15, -0.1) is 0 Å². The molecule has 1 aromatic rings.